The number of carbonyl (C=O) groups is 7. The van der Waals surface area contributed by atoms with Gasteiger partial charge in [0.1, 0.15) is 0 Å². The topological polar surface area (TPSA) is 168 Å². The Labute approximate surface area is 200 Å². The molecular formula is C23H26N4O8. The van der Waals surface area contributed by atoms with Crippen molar-refractivity contribution in [1.29, 1.82) is 0 Å². The zero-order valence-electron chi connectivity index (χ0n) is 19.0. The molecule has 35 heavy (non-hydrogen) atoms. The van der Waals surface area contributed by atoms with E-state index < -0.39 is 41.0 Å². The van der Waals surface area contributed by atoms with Crippen molar-refractivity contribution in [2.24, 2.45) is 0 Å². The number of carbonyl (C=O) groups excluding carboxylic acids is 7. The van der Waals surface area contributed by atoms with Crippen LogP contribution in [0.4, 0.5) is 4.79 Å². The fourth-order valence-corrected chi connectivity index (χ4v) is 3.94. The van der Waals surface area contributed by atoms with Crippen LogP contribution in [0.2, 0.25) is 0 Å². The van der Waals surface area contributed by atoms with Gasteiger partial charge in [-0.3, -0.25) is 34.6 Å². The number of barbiturate groups is 1. The number of unbranched alkanes of at least 4 members (excludes halogenated alkanes) is 1. The molecule has 12 heteroatoms. The van der Waals surface area contributed by atoms with Crippen LogP contribution in [-0.4, -0.2) is 53.1 Å². The van der Waals surface area contributed by atoms with E-state index in [0.29, 0.717) is 23.5 Å². The van der Waals surface area contributed by atoms with Crippen LogP contribution in [0.5, 0.6) is 0 Å². The van der Waals surface area contributed by atoms with Crippen LogP contribution >= 0.6 is 0 Å². The van der Waals surface area contributed by atoms with Gasteiger partial charge < -0.3 is 10.2 Å². The average molecular weight is 486 g/mol. The number of hydrogen-bond acceptors (Lipinski definition) is 8. The van der Waals surface area contributed by atoms with Gasteiger partial charge >= 0.3 is 12.0 Å². The van der Waals surface area contributed by atoms with Gasteiger partial charge in [0, 0.05) is 32.2 Å². The molecule has 2 heterocycles. The maximum absolute atomic E-state index is 12.7. The van der Waals surface area contributed by atoms with Crippen molar-refractivity contribution >= 4 is 41.5 Å². The van der Waals surface area contributed by atoms with Crippen molar-refractivity contribution < 1.29 is 38.4 Å². The Morgan fingerprint density at radius 2 is 1.51 bits per heavy atom. The Balaban J connectivity index is 1.40. The Kier molecular flexibility index (Phi) is 8.29. The monoisotopic (exact) mass is 486 g/mol. The van der Waals surface area contributed by atoms with Crippen LogP contribution in [-0.2, 0) is 39.0 Å². The summed E-state index contributed by atoms with van der Waals surface area (Å²) in [6, 6.07) is 7.59. The maximum Gasteiger partial charge on any atom is 0.333 e. The Morgan fingerprint density at radius 3 is 2.14 bits per heavy atom. The Bertz CT molecular complexity index is 1000. The van der Waals surface area contributed by atoms with Gasteiger partial charge in [-0.2, -0.15) is 0 Å². The molecule has 7 amide bonds. The van der Waals surface area contributed by atoms with E-state index in [1.165, 1.54) is 0 Å². The Hall–Kier alpha value is -4.09. The SMILES string of the molecule is O=C(CCCC(=O)ON1C(=O)CCC1=O)NCCCCC1(c2ccccc2)C(=O)NC(=O)NC1=O. The number of hydroxylamine groups is 2. The van der Waals surface area contributed by atoms with E-state index in [0.717, 1.165) is 0 Å². The highest BCUT2D eigenvalue weighted by Gasteiger charge is 2.51. The number of benzene rings is 1. The van der Waals surface area contributed by atoms with E-state index in [2.05, 4.69) is 16.0 Å². The third-order valence-electron chi connectivity index (χ3n) is 5.78. The molecule has 1 aromatic rings. The first-order valence-electron chi connectivity index (χ1n) is 11.3. The third-order valence-corrected chi connectivity index (χ3v) is 5.78. The lowest BCUT2D eigenvalue weighted by molar-refractivity contribution is -0.197. The van der Waals surface area contributed by atoms with Crippen LogP contribution in [0.1, 0.15) is 56.9 Å². The molecule has 0 atom stereocenters. The van der Waals surface area contributed by atoms with Crippen molar-refractivity contribution in [1.82, 2.24) is 21.0 Å². The quantitative estimate of drug-likeness (QED) is 0.229. The minimum absolute atomic E-state index is 0.00839. The number of amides is 7. The molecule has 0 saturated carbocycles. The largest absolute Gasteiger partial charge is 0.356 e. The van der Waals surface area contributed by atoms with E-state index in [-0.39, 0.29) is 51.0 Å². The molecule has 3 rings (SSSR count). The molecule has 1 aromatic carbocycles. The first kappa shape index (κ1) is 25.5. The summed E-state index contributed by atoms with van der Waals surface area (Å²) in [5.41, 5.74) is -1.08. The molecule has 0 bridgehead atoms. The Morgan fingerprint density at radius 1 is 0.886 bits per heavy atom. The van der Waals surface area contributed by atoms with Crippen molar-refractivity contribution in [3.63, 3.8) is 0 Å². The summed E-state index contributed by atoms with van der Waals surface area (Å²) in [5.74, 6) is -3.58. The number of imide groups is 3. The molecule has 0 aliphatic carbocycles. The maximum atomic E-state index is 12.7. The lowest BCUT2D eigenvalue weighted by atomic mass is 9.73. The lowest BCUT2D eigenvalue weighted by Crippen LogP contribution is -2.64. The minimum atomic E-state index is -1.54. The zero-order valence-corrected chi connectivity index (χ0v) is 19.0. The predicted octanol–water partition coefficient (Wildman–Crippen LogP) is 0.354. The molecule has 12 nitrogen and oxygen atoms in total. The second-order valence-corrected chi connectivity index (χ2v) is 8.21. The van der Waals surface area contributed by atoms with Gasteiger partial charge in [0.15, 0.2) is 5.41 Å². The zero-order chi connectivity index (χ0) is 25.4. The fourth-order valence-electron chi connectivity index (χ4n) is 3.94. The van der Waals surface area contributed by atoms with Gasteiger partial charge in [-0.1, -0.05) is 30.3 Å². The van der Waals surface area contributed by atoms with E-state index in [1.807, 2.05) is 0 Å². The summed E-state index contributed by atoms with van der Waals surface area (Å²) in [6.45, 7) is 0.285. The summed E-state index contributed by atoms with van der Waals surface area (Å²) >= 11 is 0. The molecule has 2 fully saturated rings. The molecule has 186 valence electrons. The number of rotatable bonds is 11. The molecule has 0 radical (unpaired) electrons. The number of hydrogen-bond donors (Lipinski definition) is 3. The van der Waals surface area contributed by atoms with Crippen LogP contribution < -0.4 is 16.0 Å². The van der Waals surface area contributed by atoms with Crippen LogP contribution in [0, 0.1) is 0 Å². The highest BCUT2D eigenvalue weighted by Crippen LogP contribution is 2.32. The second kappa shape index (κ2) is 11.4. The smallest absolute Gasteiger partial charge is 0.333 e. The number of nitrogens with zero attached hydrogens (tertiary/aromatic N) is 1. The molecule has 0 spiro atoms. The first-order valence-corrected chi connectivity index (χ1v) is 11.3. The first-order chi connectivity index (χ1) is 16.7. The van der Waals surface area contributed by atoms with Crippen LogP contribution in [0.15, 0.2) is 30.3 Å². The van der Waals surface area contributed by atoms with E-state index in [1.54, 1.807) is 30.3 Å². The van der Waals surface area contributed by atoms with Gasteiger partial charge in [-0.05, 0) is 31.2 Å². The molecular weight excluding hydrogens is 460 g/mol. The minimum Gasteiger partial charge on any atom is -0.356 e. The van der Waals surface area contributed by atoms with Crippen LogP contribution in [0.25, 0.3) is 0 Å². The van der Waals surface area contributed by atoms with Gasteiger partial charge in [0.05, 0.1) is 0 Å². The normalized spacial score (nSPS) is 17.1. The molecule has 2 aliphatic heterocycles. The highest BCUT2D eigenvalue weighted by atomic mass is 16.7. The molecule has 3 N–H and O–H groups in total. The molecule has 0 unspecified atom stereocenters. The molecule has 2 aliphatic rings. The number of nitrogens with one attached hydrogen (secondary N) is 3. The summed E-state index contributed by atoms with van der Waals surface area (Å²) < 4.78 is 0. The molecule has 2 saturated heterocycles. The van der Waals surface area contributed by atoms with E-state index >= 15 is 0 Å². The molecule has 0 aromatic heterocycles. The van der Waals surface area contributed by atoms with Gasteiger partial charge in [-0.15, -0.1) is 5.06 Å². The van der Waals surface area contributed by atoms with Gasteiger partial charge in [0.2, 0.25) is 17.7 Å². The lowest BCUT2D eigenvalue weighted by Gasteiger charge is -2.34. The van der Waals surface area contributed by atoms with E-state index in [9.17, 15) is 33.6 Å². The summed E-state index contributed by atoms with van der Waals surface area (Å²) in [5, 5.41) is 7.48. The standard InChI is InChI=1S/C23H26N4O8/c28-16(9-6-10-19(31)35-27-17(29)11-12-18(27)30)24-14-5-4-13-23(15-7-2-1-3-8-15)20(32)25-22(34)26-21(23)33/h1-3,7-8H,4-6,9-14H2,(H,24,28)(H2,25,26,32,33,34). The summed E-state index contributed by atoms with van der Waals surface area (Å²) in [7, 11) is 0. The number of urea groups is 1. The van der Waals surface area contributed by atoms with E-state index in [4.69, 9.17) is 4.84 Å². The van der Waals surface area contributed by atoms with Gasteiger partial charge in [-0.25, -0.2) is 9.59 Å². The third kappa shape index (κ3) is 6.08. The highest BCUT2D eigenvalue weighted by molar-refractivity contribution is 6.22. The summed E-state index contributed by atoms with van der Waals surface area (Å²) in [4.78, 5) is 88.3. The van der Waals surface area contributed by atoms with Crippen LogP contribution in [0.3, 0.4) is 0 Å². The van der Waals surface area contributed by atoms with Gasteiger partial charge in [0.25, 0.3) is 11.8 Å². The van der Waals surface area contributed by atoms with Crippen molar-refractivity contribution in [2.45, 2.75) is 56.8 Å². The van der Waals surface area contributed by atoms with Crippen molar-refractivity contribution in [3.8, 4) is 0 Å². The second-order valence-electron chi connectivity index (χ2n) is 8.21. The van der Waals surface area contributed by atoms with Crippen molar-refractivity contribution in [2.75, 3.05) is 6.54 Å². The average Bonchev–Trinajstić information content (AvgIpc) is 3.13. The fraction of sp³-hybridized carbons (Fsp3) is 0.435. The predicted molar refractivity (Wildman–Crippen MR) is 118 cm³/mol. The summed E-state index contributed by atoms with van der Waals surface area (Å²) in [6.07, 6.45) is 1.11. The van der Waals surface area contributed by atoms with Crippen molar-refractivity contribution in [3.05, 3.63) is 35.9 Å².